The topological polar surface area (TPSA) is 68.3 Å². The molecule has 7 nitrogen and oxygen atoms in total. The standard InChI is InChI=1S/C29H26Cl2N6O/c1-18(38)36-16-29(17-36)8-5-21(6-9-29)37-14-20(13-33-37)19-11-22-25(32-12-19)7-10-35-15-26(34-28(22)35)27-23(30)3-2-4-24(27)31/h2-4,7,10-15,21H,5-6,8-9,16-17H2,1H3. The number of rotatable bonds is 3. The van der Waals surface area contributed by atoms with E-state index in [1.54, 1.807) is 6.92 Å². The molecule has 5 aromatic rings. The van der Waals surface area contributed by atoms with Gasteiger partial charge in [0.05, 0.1) is 33.5 Å². The van der Waals surface area contributed by atoms with Crippen LogP contribution in [0.25, 0.3) is 38.9 Å². The van der Waals surface area contributed by atoms with E-state index >= 15 is 0 Å². The summed E-state index contributed by atoms with van der Waals surface area (Å²) < 4.78 is 4.10. The molecule has 38 heavy (non-hydrogen) atoms. The Balaban J connectivity index is 1.17. The van der Waals surface area contributed by atoms with Gasteiger partial charge in [0.25, 0.3) is 0 Å². The van der Waals surface area contributed by atoms with Crippen molar-refractivity contribution in [2.45, 2.75) is 38.6 Å². The molecule has 1 aromatic carbocycles. The van der Waals surface area contributed by atoms with Crippen LogP contribution in [0.1, 0.15) is 38.6 Å². The Morgan fingerprint density at radius 3 is 2.53 bits per heavy atom. The highest BCUT2D eigenvalue weighted by Crippen LogP contribution is 2.47. The number of amides is 1. The maximum absolute atomic E-state index is 11.6. The Kier molecular flexibility index (Phi) is 5.49. The van der Waals surface area contributed by atoms with E-state index < -0.39 is 0 Å². The molecule has 1 saturated heterocycles. The zero-order valence-electron chi connectivity index (χ0n) is 20.9. The summed E-state index contributed by atoms with van der Waals surface area (Å²) in [5.41, 5.74) is 5.47. The molecule has 0 radical (unpaired) electrons. The van der Waals surface area contributed by atoms with Crippen LogP contribution in [0.5, 0.6) is 0 Å². The number of likely N-dealkylation sites (tertiary alicyclic amines) is 1. The Labute approximate surface area is 230 Å². The number of carbonyl (C=O) groups excluding carboxylic acids is 1. The lowest BCUT2D eigenvalue weighted by Crippen LogP contribution is -2.59. The van der Waals surface area contributed by atoms with E-state index in [4.69, 9.17) is 38.3 Å². The molecule has 0 bridgehead atoms. The van der Waals surface area contributed by atoms with Gasteiger partial charge in [-0.2, -0.15) is 5.10 Å². The Bertz CT molecular complexity index is 1690. The third-order valence-electron chi connectivity index (χ3n) is 8.33. The highest BCUT2D eigenvalue weighted by molar-refractivity contribution is 6.39. The molecule has 5 heterocycles. The summed E-state index contributed by atoms with van der Waals surface area (Å²) in [5, 5.41) is 6.82. The van der Waals surface area contributed by atoms with Crippen LogP contribution in [0.4, 0.5) is 0 Å². The molecule has 4 aromatic heterocycles. The summed E-state index contributed by atoms with van der Waals surface area (Å²) in [4.78, 5) is 23.2. The van der Waals surface area contributed by atoms with Crippen molar-refractivity contribution in [1.29, 1.82) is 0 Å². The van der Waals surface area contributed by atoms with Crippen LogP contribution in [-0.2, 0) is 4.79 Å². The van der Waals surface area contributed by atoms with Gasteiger partial charge >= 0.3 is 0 Å². The number of fused-ring (bicyclic) bond motifs is 3. The molecular formula is C29H26Cl2N6O. The first-order valence-electron chi connectivity index (χ1n) is 12.9. The number of pyridine rings is 2. The third-order valence-corrected chi connectivity index (χ3v) is 8.96. The summed E-state index contributed by atoms with van der Waals surface area (Å²) in [6, 6.07) is 9.97. The molecule has 2 fully saturated rings. The summed E-state index contributed by atoms with van der Waals surface area (Å²) >= 11 is 12.9. The molecule has 2 aliphatic rings. The van der Waals surface area contributed by atoms with E-state index in [0.29, 0.717) is 21.5 Å². The Hall–Kier alpha value is -3.42. The minimum atomic E-state index is 0.190. The van der Waals surface area contributed by atoms with Crippen molar-refractivity contribution in [2.75, 3.05) is 13.1 Å². The highest BCUT2D eigenvalue weighted by atomic mass is 35.5. The Morgan fingerprint density at radius 1 is 1.03 bits per heavy atom. The van der Waals surface area contributed by atoms with Crippen molar-refractivity contribution in [3.05, 3.63) is 71.4 Å². The normalized spacial score (nSPS) is 17.4. The number of hydrogen-bond acceptors (Lipinski definition) is 4. The number of aromatic nitrogens is 5. The van der Waals surface area contributed by atoms with E-state index in [-0.39, 0.29) is 5.91 Å². The molecule has 9 heteroatoms. The summed E-state index contributed by atoms with van der Waals surface area (Å²) in [6.07, 6.45) is 14.3. The number of benzene rings is 1. The van der Waals surface area contributed by atoms with Gasteiger partial charge in [-0.25, -0.2) is 4.98 Å². The maximum Gasteiger partial charge on any atom is 0.219 e. The maximum atomic E-state index is 11.6. The van der Waals surface area contributed by atoms with Gasteiger partial charge in [0, 0.05) is 72.3 Å². The zero-order valence-corrected chi connectivity index (χ0v) is 22.5. The van der Waals surface area contributed by atoms with Crippen LogP contribution in [0.15, 0.2) is 61.3 Å². The predicted molar refractivity (Wildman–Crippen MR) is 149 cm³/mol. The lowest BCUT2D eigenvalue weighted by atomic mass is 9.67. The number of carbonyl (C=O) groups is 1. The minimum absolute atomic E-state index is 0.190. The molecule has 1 saturated carbocycles. The van der Waals surface area contributed by atoms with E-state index in [1.807, 2.05) is 58.4 Å². The fourth-order valence-electron chi connectivity index (χ4n) is 6.13. The lowest BCUT2D eigenvalue weighted by molar-refractivity contribution is -0.143. The highest BCUT2D eigenvalue weighted by Gasteiger charge is 2.46. The lowest BCUT2D eigenvalue weighted by Gasteiger charge is -2.53. The molecule has 1 aliphatic heterocycles. The summed E-state index contributed by atoms with van der Waals surface area (Å²) in [7, 11) is 0. The van der Waals surface area contributed by atoms with Crippen LogP contribution >= 0.6 is 23.2 Å². The predicted octanol–water partition coefficient (Wildman–Crippen LogP) is 6.68. The van der Waals surface area contributed by atoms with Gasteiger partial charge in [-0.15, -0.1) is 0 Å². The van der Waals surface area contributed by atoms with Crippen LogP contribution in [0.2, 0.25) is 10.0 Å². The van der Waals surface area contributed by atoms with Crippen molar-refractivity contribution in [1.82, 2.24) is 29.0 Å². The van der Waals surface area contributed by atoms with Gasteiger partial charge in [0.1, 0.15) is 5.65 Å². The van der Waals surface area contributed by atoms with Gasteiger partial charge in [-0.3, -0.25) is 14.5 Å². The zero-order chi connectivity index (χ0) is 26.0. The van der Waals surface area contributed by atoms with E-state index in [1.165, 1.54) is 0 Å². The smallest absolute Gasteiger partial charge is 0.219 e. The number of hydrogen-bond donors (Lipinski definition) is 0. The molecule has 0 N–H and O–H groups in total. The first kappa shape index (κ1) is 23.7. The second kappa shape index (κ2) is 8.82. The number of halogens is 2. The molecular weight excluding hydrogens is 519 g/mol. The number of imidazole rings is 1. The fourth-order valence-corrected chi connectivity index (χ4v) is 6.73. The van der Waals surface area contributed by atoms with Crippen LogP contribution in [0.3, 0.4) is 0 Å². The average molecular weight is 545 g/mol. The largest absolute Gasteiger partial charge is 0.342 e. The molecule has 1 spiro atoms. The van der Waals surface area contributed by atoms with Gasteiger partial charge in [-0.05, 0) is 49.9 Å². The first-order chi connectivity index (χ1) is 18.4. The molecule has 1 amide bonds. The van der Waals surface area contributed by atoms with E-state index in [2.05, 4.69) is 16.9 Å². The number of nitrogens with zero attached hydrogens (tertiary/aromatic N) is 6. The Morgan fingerprint density at radius 2 is 1.79 bits per heavy atom. The van der Waals surface area contributed by atoms with Crippen LogP contribution < -0.4 is 0 Å². The van der Waals surface area contributed by atoms with Crippen molar-refractivity contribution >= 4 is 45.7 Å². The third kappa shape index (κ3) is 3.87. The fraction of sp³-hybridized carbons (Fsp3) is 0.310. The quantitative estimate of drug-likeness (QED) is 0.254. The SMILES string of the molecule is CC(=O)N1CC2(CCC(n3cc(-c4cnc5ccn6cc(-c7c(Cl)cccc7Cl)nc6c5c4)cn3)CC2)C1. The molecule has 0 atom stereocenters. The van der Waals surface area contributed by atoms with Gasteiger partial charge in [0.2, 0.25) is 5.91 Å². The van der Waals surface area contributed by atoms with Gasteiger partial charge < -0.3 is 9.30 Å². The van der Waals surface area contributed by atoms with Crippen molar-refractivity contribution in [3.63, 3.8) is 0 Å². The van der Waals surface area contributed by atoms with E-state index in [0.717, 1.165) is 77.7 Å². The second-order valence-electron chi connectivity index (χ2n) is 10.7. The molecule has 7 rings (SSSR count). The van der Waals surface area contributed by atoms with Crippen molar-refractivity contribution in [3.8, 4) is 22.4 Å². The van der Waals surface area contributed by atoms with Crippen molar-refractivity contribution < 1.29 is 4.79 Å². The molecule has 0 unspecified atom stereocenters. The average Bonchev–Trinajstić information content (AvgIpc) is 3.55. The molecule has 192 valence electrons. The minimum Gasteiger partial charge on any atom is -0.342 e. The first-order valence-corrected chi connectivity index (χ1v) is 13.7. The summed E-state index contributed by atoms with van der Waals surface area (Å²) in [5.74, 6) is 0.190. The van der Waals surface area contributed by atoms with Crippen LogP contribution in [-0.4, -0.2) is 48.0 Å². The monoisotopic (exact) mass is 544 g/mol. The van der Waals surface area contributed by atoms with Crippen LogP contribution in [0, 0.1) is 5.41 Å². The molecule has 1 aliphatic carbocycles. The second-order valence-corrected chi connectivity index (χ2v) is 11.6. The van der Waals surface area contributed by atoms with Gasteiger partial charge in [-0.1, -0.05) is 29.3 Å². The van der Waals surface area contributed by atoms with E-state index in [9.17, 15) is 4.79 Å². The summed E-state index contributed by atoms with van der Waals surface area (Å²) in [6.45, 7) is 3.49. The van der Waals surface area contributed by atoms with Gasteiger partial charge in [0.15, 0.2) is 0 Å². The van der Waals surface area contributed by atoms with Crippen molar-refractivity contribution in [2.24, 2.45) is 5.41 Å².